The number of nitro groups is 1. The van der Waals surface area contributed by atoms with Crippen LogP contribution >= 0.6 is 11.6 Å². The molecule has 42 heavy (non-hydrogen) atoms. The van der Waals surface area contributed by atoms with Crippen LogP contribution in [0.4, 0.5) is 21.9 Å². The second-order valence-electron chi connectivity index (χ2n) is 9.15. The fourth-order valence-corrected chi connectivity index (χ4v) is 4.41. The molecule has 3 aromatic carbocycles. The minimum absolute atomic E-state index is 0.0254. The van der Waals surface area contributed by atoms with Crippen molar-refractivity contribution < 1.29 is 33.6 Å². The van der Waals surface area contributed by atoms with Crippen LogP contribution in [-0.2, 0) is 14.4 Å². The number of carbonyl (C=O) groups excluding carboxylic acids is 4. The fraction of sp³-hybridized carbons (Fsp3) is 0.172. The van der Waals surface area contributed by atoms with E-state index in [1.54, 1.807) is 13.0 Å². The summed E-state index contributed by atoms with van der Waals surface area (Å²) in [5, 5.41) is 15.9. The van der Waals surface area contributed by atoms with Gasteiger partial charge in [-0.05, 0) is 68.3 Å². The molecule has 1 heterocycles. The SMILES string of the molecule is CCOc1cc(/C=C2/C(=O)NC(=O)N(c3ccc([N+](=O)[O-])cc3)C2=O)cc(Cl)c1OCC(=O)Nc1ccc(C)cc1C. The van der Waals surface area contributed by atoms with Crippen molar-refractivity contribution in [3.05, 3.63) is 92.0 Å². The average Bonchev–Trinajstić information content (AvgIpc) is 2.92. The highest BCUT2D eigenvalue weighted by atomic mass is 35.5. The molecule has 1 aliphatic rings. The Kier molecular flexibility index (Phi) is 8.87. The van der Waals surface area contributed by atoms with Crippen LogP contribution in [0, 0.1) is 24.0 Å². The molecule has 0 spiro atoms. The molecule has 1 saturated heterocycles. The minimum Gasteiger partial charge on any atom is -0.490 e. The molecule has 0 saturated carbocycles. The summed E-state index contributed by atoms with van der Waals surface area (Å²) in [5.41, 5.74) is 2.26. The van der Waals surface area contributed by atoms with Gasteiger partial charge in [0, 0.05) is 17.8 Å². The van der Waals surface area contributed by atoms with E-state index in [0.29, 0.717) is 10.6 Å². The lowest BCUT2D eigenvalue weighted by Gasteiger charge is -2.26. The van der Waals surface area contributed by atoms with Gasteiger partial charge in [0.25, 0.3) is 23.4 Å². The van der Waals surface area contributed by atoms with Gasteiger partial charge in [-0.1, -0.05) is 29.3 Å². The second kappa shape index (κ2) is 12.5. The summed E-state index contributed by atoms with van der Waals surface area (Å²) in [4.78, 5) is 61.9. The van der Waals surface area contributed by atoms with Gasteiger partial charge in [-0.2, -0.15) is 0 Å². The number of nitrogens with zero attached hydrogens (tertiary/aromatic N) is 2. The van der Waals surface area contributed by atoms with Crippen LogP contribution in [0.25, 0.3) is 6.08 Å². The first-order valence-corrected chi connectivity index (χ1v) is 13.0. The molecule has 12 nitrogen and oxygen atoms in total. The number of non-ortho nitro benzene ring substituents is 1. The molecule has 13 heteroatoms. The number of rotatable bonds is 9. The van der Waals surface area contributed by atoms with Crippen LogP contribution in [0.2, 0.25) is 5.02 Å². The van der Waals surface area contributed by atoms with Gasteiger partial charge in [0.15, 0.2) is 18.1 Å². The van der Waals surface area contributed by atoms with Crippen LogP contribution in [0.15, 0.2) is 60.2 Å². The van der Waals surface area contributed by atoms with E-state index in [1.165, 1.54) is 30.3 Å². The lowest BCUT2D eigenvalue weighted by Crippen LogP contribution is -2.54. The summed E-state index contributed by atoms with van der Waals surface area (Å²) in [6, 6.07) is 12.2. The number of nitro benzene ring substituents is 1. The van der Waals surface area contributed by atoms with Gasteiger partial charge in [-0.25, -0.2) is 9.69 Å². The van der Waals surface area contributed by atoms with Crippen molar-refractivity contribution in [1.82, 2.24) is 5.32 Å². The average molecular weight is 593 g/mol. The third-order valence-corrected chi connectivity index (χ3v) is 6.35. The van der Waals surface area contributed by atoms with Crippen LogP contribution in [0.3, 0.4) is 0 Å². The number of amides is 5. The predicted molar refractivity (Wildman–Crippen MR) is 155 cm³/mol. The summed E-state index contributed by atoms with van der Waals surface area (Å²) in [6.45, 7) is 5.38. The number of barbiturate groups is 1. The van der Waals surface area contributed by atoms with Crippen LogP contribution in [0.1, 0.15) is 23.6 Å². The van der Waals surface area contributed by atoms with Crippen molar-refractivity contribution in [1.29, 1.82) is 0 Å². The Hall–Kier alpha value is -5.23. The summed E-state index contributed by atoms with van der Waals surface area (Å²) in [6.07, 6.45) is 1.22. The molecule has 1 fully saturated rings. The highest BCUT2D eigenvalue weighted by Gasteiger charge is 2.37. The number of hydrogen-bond acceptors (Lipinski definition) is 8. The van der Waals surface area contributed by atoms with E-state index in [9.17, 15) is 29.3 Å². The Balaban J connectivity index is 1.57. The molecule has 3 aromatic rings. The Bertz CT molecular complexity index is 1640. The molecule has 0 aliphatic carbocycles. The number of nitrogens with one attached hydrogen (secondary N) is 2. The van der Waals surface area contributed by atoms with Gasteiger partial charge >= 0.3 is 6.03 Å². The number of ether oxygens (including phenoxy) is 2. The van der Waals surface area contributed by atoms with E-state index < -0.39 is 34.2 Å². The molecule has 0 atom stereocenters. The van der Waals surface area contributed by atoms with Crippen molar-refractivity contribution in [3.8, 4) is 11.5 Å². The van der Waals surface area contributed by atoms with E-state index >= 15 is 0 Å². The van der Waals surface area contributed by atoms with E-state index in [1.807, 2.05) is 26.0 Å². The monoisotopic (exact) mass is 592 g/mol. The number of anilines is 2. The van der Waals surface area contributed by atoms with Crippen LogP contribution < -0.4 is 25.0 Å². The number of benzene rings is 3. The van der Waals surface area contributed by atoms with E-state index in [2.05, 4.69) is 10.6 Å². The Morgan fingerprint density at radius 3 is 2.43 bits per heavy atom. The molecule has 0 aromatic heterocycles. The Morgan fingerprint density at radius 1 is 1.07 bits per heavy atom. The lowest BCUT2D eigenvalue weighted by molar-refractivity contribution is -0.384. The van der Waals surface area contributed by atoms with Gasteiger partial charge < -0.3 is 14.8 Å². The van der Waals surface area contributed by atoms with E-state index in [-0.39, 0.29) is 46.7 Å². The third-order valence-electron chi connectivity index (χ3n) is 6.07. The second-order valence-corrected chi connectivity index (χ2v) is 9.56. The Morgan fingerprint density at radius 2 is 1.79 bits per heavy atom. The number of halogens is 1. The van der Waals surface area contributed by atoms with Crippen LogP contribution in [-0.4, -0.2) is 41.9 Å². The molecule has 5 amide bonds. The quantitative estimate of drug-likeness (QED) is 0.153. The van der Waals surface area contributed by atoms with Gasteiger partial charge in [-0.3, -0.25) is 29.8 Å². The fourth-order valence-electron chi connectivity index (χ4n) is 4.13. The number of carbonyl (C=O) groups is 4. The molecular weight excluding hydrogens is 568 g/mol. The molecule has 0 radical (unpaired) electrons. The molecule has 2 N–H and O–H groups in total. The lowest BCUT2D eigenvalue weighted by atomic mass is 10.1. The first kappa shape index (κ1) is 29.7. The summed E-state index contributed by atoms with van der Waals surface area (Å²) in [7, 11) is 0. The molecule has 0 bridgehead atoms. The molecular formula is C29H25ClN4O8. The first-order valence-electron chi connectivity index (χ1n) is 12.6. The maximum absolute atomic E-state index is 13.2. The van der Waals surface area contributed by atoms with E-state index in [0.717, 1.165) is 23.3 Å². The minimum atomic E-state index is -1.01. The summed E-state index contributed by atoms with van der Waals surface area (Å²) < 4.78 is 11.3. The largest absolute Gasteiger partial charge is 0.490 e. The maximum Gasteiger partial charge on any atom is 0.335 e. The molecule has 1 aliphatic heterocycles. The smallest absolute Gasteiger partial charge is 0.335 e. The van der Waals surface area contributed by atoms with Gasteiger partial charge in [-0.15, -0.1) is 0 Å². The van der Waals surface area contributed by atoms with Gasteiger partial charge in [0.05, 0.1) is 22.2 Å². The zero-order valence-corrected chi connectivity index (χ0v) is 23.5. The van der Waals surface area contributed by atoms with Crippen molar-refractivity contribution >= 4 is 58.5 Å². The topological polar surface area (TPSA) is 157 Å². The van der Waals surface area contributed by atoms with E-state index in [4.69, 9.17) is 21.1 Å². The number of aryl methyl sites for hydroxylation is 2. The first-order chi connectivity index (χ1) is 20.0. The van der Waals surface area contributed by atoms with Crippen molar-refractivity contribution in [3.63, 3.8) is 0 Å². The predicted octanol–water partition coefficient (Wildman–Crippen LogP) is 4.95. The molecule has 216 valence electrons. The molecule has 0 unspecified atom stereocenters. The summed E-state index contributed by atoms with van der Waals surface area (Å²) in [5.74, 6) is -2.08. The van der Waals surface area contributed by atoms with Gasteiger partial charge in [0.1, 0.15) is 5.57 Å². The molecule has 4 rings (SSSR count). The number of hydrogen-bond donors (Lipinski definition) is 2. The highest BCUT2D eigenvalue weighted by molar-refractivity contribution is 6.39. The van der Waals surface area contributed by atoms with Gasteiger partial charge in [0.2, 0.25) is 0 Å². The van der Waals surface area contributed by atoms with Crippen molar-refractivity contribution in [2.75, 3.05) is 23.4 Å². The standard InChI is InChI=1S/C29H25ClN4O8/c1-4-41-24-14-18(13-22(30)26(24)42-15-25(35)31-23-10-5-16(2)11-17(23)3)12-21-27(36)32-29(38)33(28(21)37)19-6-8-20(9-7-19)34(39)40/h5-14H,4,15H2,1-3H3,(H,31,35)(H,32,36,38)/b21-12-. The van der Waals surface area contributed by atoms with Crippen LogP contribution in [0.5, 0.6) is 11.5 Å². The zero-order chi connectivity index (χ0) is 30.6. The van der Waals surface area contributed by atoms with Crippen molar-refractivity contribution in [2.45, 2.75) is 20.8 Å². The highest BCUT2D eigenvalue weighted by Crippen LogP contribution is 2.38. The third kappa shape index (κ3) is 6.56. The maximum atomic E-state index is 13.2. The zero-order valence-electron chi connectivity index (χ0n) is 22.7. The number of urea groups is 1. The normalized spacial score (nSPS) is 14.0. The number of imide groups is 2. The summed E-state index contributed by atoms with van der Waals surface area (Å²) >= 11 is 6.46. The Labute approximate surface area is 245 Å². The van der Waals surface area contributed by atoms with Crippen molar-refractivity contribution in [2.24, 2.45) is 0 Å².